The number of nitrogens with zero attached hydrogens (tertiary/aromatic N) is 2. The molecule has 2 heteroatoms. The van der Waals surface area contributed by atoms with Gasteiger partial charge in [0, 0.05) is 33.6 Å². The second-order valence-corrected chi connectivity index (χ2v) is 24.3. The van der Waals surface area contributed by atoms with Crippen molar-refractivity contribution in [1.29, 1.82) is 0 Å². The van der Waals surface area contributed by atoms with Crippen molar-refractivity contribution in [2.75, 3.05) is 9.80 Å². The molecule has 2 nitrogen and oxygen atoms in total. The SMILES string of the molecule is CC1(C)CC(C)(C)C2(C)c3cc(-c4ccc5c(c4)-c4cc(-c6ccc7c(c6)C6(C)C(C)(C)CC(C)(C)CC6(C)N7c6ccccc6)ccc4C5)ccc3N(c3ccccc3)C2(C)C1. The van der Waals surface area contributed by atoms with Crippen molar-refractivity contribution >= 4 is 22.7 Å². The summed E-state index contributed by atoms with van der Waals surface area (Å²) in [5, 5.41) is 0. The molecule has 0 saturated heterocycles. The molecule has 0 amide bonds. The Morgan fingerprint density at radius 1 is 0.365 bits per heavy atom. The molecule has 2 saturated carbocycles. The van der Waals surface area contributed by atoms with E-state index in [1.807, 2.05) is 0 Å². The summed E-state index contributed by atoms with van der Waals surface area (Å²) in [5.41, 5.74) is 19.6. The molecule has 6 aromatic carbocycles. The monoisotopic (exact) mass is 829 g/mol. The van der Waals surface area contributed by atoms with Crippen molar-refractivity contribution in [1.82, 2.24) is 0 Å². The van der Waals surface area contributed by atoms with Gasteiger partial charge in [-0.2, -0.15) is 0 Å². The van der Waals surface area contributed by atoms with Crippen LogP contribution < -0.4 is 9.80 Å². The normalized spacial score (nSPS) is 28.7. The first-order chi connectivity index (χ1) is 29.6. The summed E-state index contributed by atoms with van der Waals surface area (Å²) in [6, 6.07) is 51.8. The summed E-state index contributed by atoms with van der Waals surface area (Å²) in [6.07, 6.45) is 5.65. The van der Waals surface area contributed by atoms with Crippen LogP contribution in [0.15, 0.2) is 133 Å². The van der Waals surface area contributed by atoms with Crippen molar-refractivity contribution in [2.45, 2.75) is 137 Å². The minimum absolute atomic E-state index is 0.0551. The molecule has 0 aromatic heterocycles. The van der Waals surface area contributed by atoms with Gasteiger partial charge >= 0.3 is 0 Å². The van der Waals surface area contributed by atoms with Crippen LogP contribution in [0.5, 0.6) is 0 Å². The number of benzene rings is 6. The Morgan fingerprint density at radius 3 is 1.10 bits per heavy atom. The highest BCUT2D eigenvalue weighted by Gasteiger charge is 2.69. The molecule has 11 rings (SSSR count). The standard InChI is InChI=1S/C61H68N2/c1-54(2)36-56(5,6)60(11)50-34-42(27-29-52(50)62(58(60,9)38-54)46-19-15-13-16-20-46)40-23-25-44-31-45-26-24-41(33-49(45)48(44)32-40)43-28-30-53-51(35-43)61(12)57(7,8)37-55(3,4)39-59(61,10)63(53)47-21-17-14-18-22-47/h13-30,32-35H,31,36-39H2,1-12H3. The van der Waals surface area contributed by atoms with Crippen LogP contribution in [-0.2, 0) is 17.3 Å². The van der Waals surface area contributed by atoms with E-state index in [0.717, 1.165) is 19.3 Å². The third kappa shape index (κ3) is 5.36. The summed E-state index contributed by atoms with van der Waals surface area (Å²) in [6.45, 7) is 30.4. The maximum absolute atomic E-state index is 2.71. The number of fused-ring (bicyclic) bond motifs is 9. The molecule has 2 fully saturated rings. The van der Waals surface area contributed by atoms with Gasteiger partial charge in [-0.25, -0.2) is 0 Å². The Morgan fingerprint density at radius 2 is 0.714 bits per heavy atom. The highest BCUT2D eigenvalue weighted by atomic mass is 15.3. The molecule has 2 aliphatic heterocycles. The van der Waals surface area contributed by atoms with Crippen molar-refractivity contribution in [3.05, 3.63) is 156 Å². The third-order valence-corrected chi connectivity index (χ3v) is 18.5. The Hall–Kier alpha value is -5.08. The van der Waals surface area contributed by atoms with Crippen molar-refractivity contribution < 1.29 is 0 Å². The molecule has 0 spiro atoms. The van der Waals surface area contributed by atoms with E-state index in [2.05, 4.69) is 226 Å². The number of hydrogen-bond acceptors (Lipinski definition) is 2. The van der Waals surface area contributed by atoms with E-state index in [4.69, 9.17) is 0 Å². The number of hydrogen-bond donors (Lipinski definition) is 0. The molecule has 6 aromatic rings. The van der Waals surface area contributed by atoms with Crippen LogP contribution in [-0.4, -0.2) is 11.1 Å². The lowest BCUT2D eigenvalue weighted by Gasteiger charge is -2.62. The molecule has 2 heterocycles. The van der Waals surface area contributed by atoms with Crippen molar-refractivity contribution in [3.8, 4) is 33.4 Å². The van der Waals surface area contributed by atoms with Gasteiger partial charge < -0.3 is 9.80 Å². The molecular weight excluding hydrogens is 761 g/mol. The number of para-hydroxylation sites is 2. The van der Waals surface area contributed by atoms with E-state index >= 15 is 0 Å². The van der Waals surface area contributed by atoms with Crippen LogP contribution in [0.25, 0.3) is 33.4 Å². The van der Waals surface area contributed by atoms with Gasteiger partial charge in [0.25, 0.3) is 0 Å². The van der Waals surface area contributed by atoms with Crippen LogP contribution in [0.2, 0.25) is 0 Å². The number of rotatable bonds is 4. The fourth-order valence-electron chi connectivity index (χ4n) is 16.1. The van der Waals surface area contributed by atoms with Gasteiger partial charge in [0.2, 0.25) is 0 Å². The summed E-state index contributed by atoms with van der Waals surface area (Å²) >= 11 is 0. The Kier molecular flexibility index (Phi) is 8.27. The fourth-order valence-corrected chi connectivity index (χ4v) is 16.1. The predicted molar refractivity (Wildman–Crippen MR) is 268 cm³/mol. The van der Waals surface area contributed by atoms with E-state index in [9.17, 15) is 0 Å². The highest BCUT2D eigenvalue weighted by Crippen LogP contribution is 2.71. The zero-order chi connectivity index (χ0) is 44.3. The van der Waals surface area contributed by atoms with Crippen molar-refractivity contribution in [3.63, 3.8) is 0 Å². The van der Waals surface area contributed by atoms with E-state index in [-0.39, 0.29) is 43.6 Å². The van der Waals surface area contributed by atoms with Gasteiger partial charge in [-0.3, -0.25) is 0 Å². The van der Waals surface area contributed by atoms with Crippen LogP contribution in [0, 0.1) is 21.7 Å². The van der Waals surface area contributed by atoms with E-state index in [1.165, 1.54) is 91.2 Å². The van der Waals surface area contributed by atoms with E-state index in [0.29, 0.717) is 0 Å². The third-order valence-electron chi connectivity index (χ3n) is 18.5. The molecule has 4 atom stereocenters. The zero-order valence-corrected chi connectivity index (χ0v) is 40.1. The molecule has 3 aliphatic carbocycles. The largest absolute Gasteiger partial charge is 0.334 e. The van der Waals surface area contributed by atoms with E-state index < -0.39 is 0 Å². The predicted octanol–water partition coefficient (Wildman–Crippen LogP) is 16.6. The lowest BCUT2D eigenvalue weighted by Crippen LogP contribution is -2.65. The molecule has 5 aliphatic rings. The second-order valence-electron chi connectivity index (χ2n) is 24.3. The van der Waals surface area contributed by atoms with Gasteiger partial charge in [0.1, 0.15) is 0 Å². The lowest BCUT2D eigenvalue weighted by atomic mass is 9.45. The lowest BCUT2D eigenvalue weighted by molar-refractivity contribution is -0.0239. The van der Waals surface area contributed by atoms with E-state index in [1.54, 1.807) is 0 Å². The Balaban J connectivity index is 1.00. The Labute approximate surface area is 378 Å². The average Bonchev–Trinajstić information content (AvgIpc) is 3.76. The maximum Gasteiger partial charge on any atom is 0.0528 e. The number of anilines is 4. The van der Waals surface area contributed by atoms with Gasteiger partial charge in [0.05, 0.1) is 11.1 Å². The molecule has 0 bridgehead atoms. The second kappa shape index (κ2) is 12.8. The minimum atomic E-state index is -0.0788. The zero-order valence-electron chi connectivity index (χ0n) is 40.1. The van der Waals surface area contributed by atoms with Gasteiger partial charge in [-0.05, 0) is 184 Å². The fraction of sp³-hybridized carbons (Fsp3) is 0.410. The van der Waals surface area contributed by atoms with Crippen molar-refractivity contribution in [2.24, 2.45) is 21.7 Å². The van der Waals surface area contributed by atoms with Crippen LogP contribution >= 0.6 is 0 Å². The van der Waals surface area contributed by atoms with Gasteiger partial charge in [-0.1, -0.05) is 142 Å². The summed E-state index contributed by atoms with van der Waals surface area (Å²) in [5.74, 6) is 0. The summed E-state index contributed by atoms with van der Waals surface area (Å²) < 4.78 is 0. The first kappa shape index (κ1) is 40.7. The topological polar surface area (TPSA) is 6.48 Å². The van der Waals surface area contributed by atoms with Gasteiger partial charge in [-0.15, -0.1) is 0 Å². The highest BCUT2D eigenvalue weighted by molar-refractivity contribution is 5.88. The quantitative estimate of drug-likeness (QED) is 0.174. The molecule has 0 N–H and O–H groups in total. The summed E-state index contributed by atoms with van der Waals surface area (Å²) in [4.78, 5) is 5.43. The molecule has 4 unspecified atom stereocenters. The molecule has 322 valence electrons. The summed E-state index contributed by atoms with van der Waals surface area (Å²) in [7, 11) is 0. The smallest absolute Gasteiger partial charge is 0.0528 e. The minimum Gasteiger partial charge on any atom is -0.334 e. The van der Waals surface area contributed by atoms with Gasteiger partial charge in [0.15, 0.2) is 0 Å². The van der Waals surface area contributed by atoms with Crippen LogP contribution in [0.4, 0.5) is 22.7 Å². The first-order valence-corrected chi connectivity index (χ1v) is 23.9. The van der Waals surface area contributed by atoms with Crippen LogP contribution in [0.1, 0.15) is 131 Å². The Bertz CT molecular complexity index is 2650. The maximum atomic E-state index is 2.71. The molecule has 63 heavy (non-hydrogen) atoms. The molecule has 0 radical (unpaired) electrons. The first-order valence-electron chi connectivity index (χ1n) is 23.9. The van der Waals surface area contributed by atoms with Crippen LogP contribution in [0.3, 0.4) is 0 Å². The average molecular weight is 829 g/mol. The molecular formula is C61H68N2.